The molecule has 0 bridgehead atoms. The fraction of sp³-hybridized carbons (Fsp3) is 0.111. The Bertz CT molecular complexity index is 1180. The molecule has 130 valence electrons. The number of fused-ring (bicyclic) bond motifs is 1. The first-order valence-electron chi connectivity index (χ1n) is 7.73. The molecule has 0 atom stereocenters. The van der Waals surface area contributed by atoms with Crippen LogP contribution in [0, 0.1) is 0 Å². The number of thiazole rings is 1. The van der Waals surface area contributed by atoms with Gasteiger partial charge >= 0.3 is 0 Å². The number of benzene rings is 1. The van der Waals surface area contributed by atoms with Crippen LogP contribution in [0.25, 0.3) is 22.4 Å². The molecular weight excluding hydrogens is 352 g/mol. The van der Waals surface area contributed by atoms with E-state index < -0.39 is 0 Å². The lowest BCUT2D eigenvalue weighted by Gasteiger charge is -2.06. The smallest absolute Gasteiger partial charge is 0.291 e. The van der Waals surface area contributed by atoms with E-state index in [0.717, 1.165) is 11.1 Å². The SMILES string of the molecule is COc1ccc(C=c2sc3nc(-c4ccncc4)nn3c2=O)c(OC)c1. The second-order valence-corrected chi connectivity index (χ2v) is 6.40. The fourth-order valence-electron chi connectivity index (χ4n) is 2.54. The average molecular weight is 366 g/mol. The van der Waals surface area contributed by atoms with Gasteiger partial charge < -0.3 is 9.47 Å². The summed E-state index contributed by atoms with van der Waals surface area (Å²) < 4.78 is 12.4. The quantitative estimate of drug-likeness (QED) is 0.548. The molecule has 1 aromatic carbocycles. The molecule has 3 heterocycles. The van der Waals surface area contributed by atoms with Gasteiger partial charge in [-0.2, -0.15) is 9.50 Å². The third-order valence-corrected chi connectivity index (χ3v) is 4.81. The van der Waals surface area contributed by atoms with Crippen molar-refractivity contribution in [1.29, 1.82) is 0 Å². The van der Waals surface area contributed by atoms with Crippen LogP contribution >= 0.6 is 11.3 Å². The maximum Gasteiger partial charge on any atom is 0.291 e. The van der Waals surface area contributed by atoms with E-state index in [0.29, 0.717) is 26.8 Å². The van der Waals surface area contributed by atoms with E-state index in [1.165, 1.54) is 15.9 Å². The summed E-state index contributed by atoms with van der Waals surface area (Å²) in [6.07, 6.45) is 5.10. The van der Waals surface area contributed by atoms with Gasteiger partial charge in [0.2, 0.25) is 4.96 Å². The summed E-state index contributed by atoms with van der Waals surface area (Å²) >= 11 is 1.28. The molecule has 26 heavy (non-hydrogen) atoms. The van der Waals surface area contributed by atoms with E-state index in [1.807, 2.05) is 12.1 Å². The van der Waals surface area contributed by atoms with E-state index in [2.05, 4.69) is 15.1 Å². The largest absolute Gasteiger partial charge is 0.497 e. The van der Waals surface area contributed by atoms with Crippen molar-refractivity contribution in [2.75, 3.05) is 14.2 Å². The molecule has 8 heteroatoms. The number of nitrogens with zero attached hydrogens (tertiary/aromatic N) is 4. The molecule has 0 fully saturated rings. The van der Waals surface area contributed by atoms with Crippen LogP contribution < -0.4 is 19.6 Å². The van der Waals surface area contributed by atoms with E-state index in [4.69, 9.17) is 9.47 Å². The van der Waals surface area contributed by atoms with E-state index in [9.17, 15) is 4.79 Å². The van der Waals surface area contributed by atoms with Gasteiger partial charge in [0.05, 0.1) is 18.8 Å². The minimum Gasteiger partial charge on any atom is -0.497 e. The second kappa shape index (κ2) is 6.57. The van der Waals surface area contributed by atoms with Crippen molar-refractivity contribution in [3.8, 4) is 22.9 Å². The van der Waals surface area contributed by atoms with Crippen LogP contribution in [0.3, 0.4) is 0 Å². The van der Waals surface area contributed by atoms with Gasteiger partial charge in [0, 0.05) is 29.6 Å². The lowest BCUT2D eigenvalue weighted by Crippen LogP contribution is -2.23. The first-order valence-corrected chi connectivity index (χ1v) is 8.55. The van der Waals surface area contributed by atoms with Crippen molar-refractivity contribution in [1.82, 2.24) is 19.6 Å². The van der Waals surface area contributed by atoms with Gasteiger partial charge in [-0.1, -0.05) is 11.3 Å². The molecule has 7 nitrogen and oxygen atoms in total. The summed E-state index contributed by atoms with van der Waals surface area (Å²) in [7, 11) is 3.17. The predicted octanol–water partition coefficient (Wildman–Crippen LogP) is 1.78. The van der Waals surface area contributed by atoms with Gasteiger partial charge in [0.15, 0.2) is 5.82 Å². The zero-order valence-corrected chi connectivity index (χ0v) is 14.9. The van der Waals surface area contributed by atoms with E-state index in [1.54, 1.807) is 50.9 Å². The van der Waals surface area contributed by atoms with Crippen LogP contribution in [-0.4, -0.2) is 33.8 Å². The average Bonchev–Trinajstić information content (AvgIpc) is 3.22. The molecule has 3 aromatic heterocycles. The Morgan fingerprint density at radius 3 is 2.62 bits per heavy atom. The molecule has 0 spiro atoms. The fourth-order valence-corrected chi connectivity index (χ4v) is 3.43. The molecule has 0 amide bonds. The first-order chi connectivity index (χ1) is 12.7. The Morgan fingerprint density at radius 2 is 1.92 bits per heavy atom. The van der Waals surface area contributed by atoms with Crippen molar-refractivity contribution < 1.29 is 9.47 Å². The minimum atomic E-state index is -0.212. The monoisotopic (exact) mass is 366 g/mol. The molecule has 0 aliphatic carbocycles. The minimum absolute atomic E-state index is 0.212. The highest BCUT2D eigenvalue weighted by atomic mass is 32.1. The highest BCUT2D eigenvalue weighted by Crippen LogP contribution is 2.25. The van der Waals surface area contributed by atoms with E-state index >= 15 is 0 Å². The summed E-state index contributed by atoms with van der Waals surface area (Å²) in [6, 6.07) is 9.04. The molecule has 0 aliphatic rings. The lowest BCUT2D eigenvalue weighted by molar-refractivity contribution is 0.393. The molecule has 0 unspecified atom stereocenters. The van der Waals surface area contributed by atoms with Crippen LogP contribution in [0.1, 0.15) is 5.56 Å². The Balaban J connectivity index is 1.81. The van der Waals surface area contributed by atoms with Crippen LogP contribution in [0.15, 0.2) is 47.5 Å². The molecule has 0 N–H and O–H groups in total. The topological polar surface area (TPSA) is 78.6 Å². The van der Waals surface area contributed by atoms with E-state index in [-0.39, 0.29) is 5.56 Å². The van der Waals surface area contributed by atoms with Crippen LogP contribution in [0.5, 0.6) is 11.5 Å². The number of rotatable bonds is 4. The third kappa shape index (κ3) is 2.80. The summed E-state index contributed by atoms with van der Waals surface area (Å²) in [5.41, 5.74) is 1.39. The molecule has 0 saturated heterocycles. The van der Waals surface area contributed by atoms with Crippen molar-refractivity contribution in [2.45, 2.75) is 0 Å². The van der Waals surface area contributed by atoms with Crippen molar-refractivity contribution in [3.05, 3.63) is 63.2 Å². The second-order valence-electron chi connectivity index (χ2n) is 5.39. The zero-order valence-electron chi connectivity index (χ0n) is 14.0. The number of methoxy groups -OCH3 is 2. The van der Waals surface area contributed by atoms with Gasteiger partial charge in [0.25, 0.3) is 5.56 Å². The Labute approximate surface area is 152 Å². The maximum atomic E-state index is 12.7. The number of ether oxygens (including phenoxy) is 2. The molecule has 0 aliphatic heterocycles. The number of aromatic nitrogens is 4. The summed E-state index contributed by atoms with van der Waals surface area (Å²) in [6.45, 7) is 0. The Morgan fingerprint density at radius 1 is 1.12 bits per heavy atom. The van der Waals surface area contributed by atoms with Gasteiger partial charge in [-0.3, -0.25) is 9.78 Å². The highest BCUT2D eigenvalue weighted by molar-refractivity contribution is 7.15. The predicted molar refractivity (Wildman–Crippen MR) is 98.7 cm³/mol. The molecule has 0 radical (unpaired) electrons. The molecule has 4 rings (SSSR count). The van der Waals surface area contributed by atoms with Crippen molar-refractivity contribution in [2.24, 2.45) is 0 Å². The van der Waals surface area contributed by atoms with Crippen LogP contribution in [0.2, 0.25) is 0 Å². The lowest BCUT2D eigenvalue weighted by atomic mass is 10.2. The molecule has 0 saturated carbocycles. The normalized spacial score (nSPS) is 11.8. The Kier molecular flexibility index (Phi) is 4.10. The third-order valence-electron chi connectivity index (χ3n) is 3.85. The number of hydrogen-bond donors (Lipinski definition) is 0. The highest BCUT2D eigenvalue weighted by Gasteiger charge is 2.12. The van der Waals surface area contributed by atoms with Gasteiger partial charge in [-0.25, -0.2) is 0 Å². The van der Waals surface area contributed by atoms with Crippen LogP contribution in [0.4, 0.5) is 0 Å². The summed E-state index contributed by atoms with van der Waals surface area (Å²) in [5.74, 6) is 1.82. The maximum absolute atomic E-state index is 12.7. The summed E-state index contributed by atoms with van der Waals surface area (Å²) in [4.78, 5) is 21.6. The standard InChI is InChI=1S/C18H14N4O3S/c1-24-13-4-3-12(14(10-13)25-2)9-15-17(23)22-18(26-15)20-16(21-22)11-5-7-19-8-6-11/h3-10H,1-2H3. The van der Waals surface area contributed by atoms with Crippen LogP contribution in [-0.2, 0) is 0 Å². The summed E-state index contributed by atoms with van der Waals surface area (Å²) in [5, 5.41) is 4.32. The number of hydrogen-bond acceptors (Lipinski definition) is 7. The van der Waals surface area contributed by atoms with Crippen molar-refractivity contribution in [3.63, 3.8) is 0 Å². The van der Waals surface area contributed by atoms with Crippen molar-refractivity contribution >= 4 is 22.4 Å². The number of pyridine rings is 1. The van der Waals surface area contributed by atoms with Gasteiger partial charge in [0.1, 0.15) is 11.5 Å². The Hall–Kier alpha value is -3.26. The van der Waals surface area contributed by atoms with Gasteiger partial charge in [-0.15, -0.1) is 5.10 Å². The zero-order chi connectivity index (χ0) is 18.1. The molecular formula is C18H14N4O3S. The first kappa shape index (κ1) is 16.2. The molecule has 4 aromatic rings. The van der Waals surface area contributed by atoms with Gasteiger partial charge in [-0.05, 0) is 30.3 Å².